The Kier molecular flexibility index (Phi) is 10.6. The van der Waals surface area contributed by atoms with E-state index in [2.05, 4.69) is 282 Å². The summed E-state index contributed by atoms with van der Waals surface area (Å²) in [5.41, 5.74) is 21.8. The number of hydrogen-bond donors (Lipinski definition) is 1. The van der Waals surface area contributed by atoms with Gasteiger partial charge in [-0.25, -0.2) is 0 Å². The van der Waals surface area contributed by atoms with Crippen molar-refractivity contribution >= 4 is 85.6 Å². The number of hydrogen-bond acceptors (Lipinski definition) is 4. The first-order valence-corrected chi connectivity index (χ1v) is 24.3. The molecule has 1 aliphatic heterocycles. The highest BCUT2D eigenvalue weighted by Crippen LogP contribution is 2.48. The molecule has 0 bridgehead atoms. The van der Waals surface area contributed by atoms with Gasteiger partial charge in [0, 0.05) is 50.8 Å². The third-order valence-electron chi connectivity index (χ3n) is 13.8. The molecule has 0 spiro atoms. The van der Waals surface area contributed by atoms with Crippen molar-refractivity contribution in [3.8, 4) is 44.5 Å². The highest BCUT2D eigenvalue weighted by atomic mass is 16.3. The molecular weight excluding hydrogens is 862 g/mol. The van der Waals surface area contributed by atoms with E-state index >= 15 is 0 Å². The normalized spacial score (nSPS) is 11.7. The first-order chi connectivity index (χ1) is 35.2. The molecule has 5 heteroatoms. The van der Waals surface area contributed by atoms with Gasteiger partial charge in [-0.15, -0.1) is 0 Å². The molecule has 71 heavy (non-hydrogen) atoms. The molecule has 1 aliphatic rings. The van der Waals surface area contributed by atoms with Crippen molar-refractivity contribution in [2.45, 2.75) is 0 Å². The van der Waals surface area contributed by atoms with E-state index in [4.69, 9.17) is 4.42 Å². The van der Waals surface area contributed by atoms with Crippen LogP contribution in [0, 0.1) is 0 Å². The monoisotopic (exact) mass is 907 g/mol. The van der Waals surface area contributed by atoms with Gasteiger partial charge in [0.15, 0.2) is 7.28 Å². The molecule has 0 unspecified atom stereocenters. The van der Waals surface area contributed by atoms with E-state index in [1.807, 2.05) is 0 Å². The minimum absolute atomic E-state index is 0.713. The Morgan fingerprint density at radius 3 is 1.62 bits per heavy atom. The number of para-hydroxylation sites is 3. The number of nitrogens with one attached hydrogen (secondary N) is 1. The Labute approximate surface area is 414 Å². The maximum atomic E-state index is 6.98. The van der Waals surface area contributed by atoms with E-state index in [1.165, 1.54) is 33.2 Å². The van der Waals surface area contributed by atoms with Gasteiger partial charge in [-0.05, 0) is 123 Å². The van der Waals surface area contributed by atoms with E-state index in [1.54, 1.807) is 0 Å². The van der Waals surface area contributed by atoms with E-state index in [0.29, 0.717) is 7.28 Å². The molecule has 0 fully saturated rings. The summed E-state index contributed by atoms with van der Waals surface area (Å²) < 4.78 is 6.98. The SMILES string of the molecule is B1c2ccc(-c3ccccc3)cc2N(c2cccc(-c3ccccc3)c2)c2c1c(-c1ccc(N(c3ccccc3)c3ccccc3)cc1Nc1cccc(-c3ccccc3)c1)cc1oc3ccccc3c21. The van der Waals surface area contributed by atoms with Gasteiger partial charge in [0.25, 0.3) is 0 Å². The molecule has 334 valence electrons. The van der Waals surface area contributed by atoms with Crippen molar-refractivity contribution in [1.82, 2.24) is 0 Å². The second kappa shape index (κ2) is 18.0. The zero-order valence-electron chi connectivity index (χ0n) is 38.9. The highest BCUT2D eigenvalue weighted by molar-refractivity contribution is 6.74. The van der Waals surface area contributed by atoms with Crippen LogP contribution in [0.3, 0.4) is 0 Å². The fraction of sp³-hybridized carbons (Fsp3) is 0. The summed E-state index contributed by atoms with van der Waals surface area (Å²) in [6, 6.07) is 95.6. The Balaban J connectivity index is 1.08. The lowest BCUT2D eigenvalue weighted by atomic mass is 9.57. The number of fused-ring (bicyclic) bond motifs is 6. The molecular formula is C66H46BN3O. The van der Waals surface area contributed by atoms with Crippen molar-refractivity contribution in [2.24, 2.45) is 0 Å². The first-order valence-electron chi connectivity index (χ1n) is 24.3. The quantitative estimate of drug-likeness (QED) is 0.139. The third kappa shape index (κ3) is 7.80. The van der Waals surface area contributed by atoms with Crippen molar-refractivity contribution in [2.75, 3.05) is 15.1 Å². The molecule has 0 amide bonds. The number of anilines is 8. The Bertz CT molecular complexity index is 3840. The van der Waals surface area contributed by atoms with Crippen LogP contribution >= 0.6 is 0 Å². The lowest BCUT2D eigenvalue weighted by Crippen LogP contribution is -2.41. The minimum atomic E-state index is 0.713. The van der Waals surface area contributed by atoms with Gasteiger partial charge in [0.1, 0.15) is 11.2 Å². The largest absolute Gasteiger partial charge is 0.456 e. The summed E-state index contributed by atoms with van der Waals surface area (Å²) in [4.78, 5) is 4.84. The topological polar surface area (TPSA) is 31.6 Å². The summed E-state index contributed by atoms with van der Waals surface area (Å²) in [6.07, 6.45) is 0. The zero-order chi connectivity index (χ0) is 47.1. The van der Waals surface area contributed by atoms with Crippen LogP contribution < -0.4 is 26.0 Å². The molecule has 0 saturated carbocycles. The van der Waals surface area contributed by atoms with Crippen LogP contribution in [0.15, 0.2) is 271 Å². The summed E-state index contributed by atoms with van der Waals surface area (Å²) in [6.45, 7) is 0. The molecule has 0 saturated heterocycles. The van der Waals surface area contributed by atoms with Gasteiger partial charge < -0.3 is 19.5 Å². The molecule has 0 aliphatic carbocycles. The zero-order valence-corrected chi connectivity index (χ0v) is 38.9. The predicted molar refractivity (Wildman–Crippen MR) is 301 cm³/mol. The number of rotatable bonds is 10. The van der Waals surface area contributed by atoms with Gasteiger partial charge in [0.2, 0.25) is 0 Å². The van der Waals surface area contributed by atoms with Gasteiger partial charge in [-0.2, -0.15) is 0 Å². The Morgan fingerprint density at radius 1 is 0.394 bits per heavy atom. The van der Waals surface area contributed by atoms with Crippen LogP contribution in [0.4, 0.5) is 45.5 Å². The van der Waals surface area contributed by atoms with Crippen molar-refractivity contribution < 1.29 is 4.42 Å². The fourth-order valence-electron chi connectivity index (χ4n) is 10.5. The first kappa shape index (κ1) is 41.8. The molecule has 11 aromatic carbocycles. The van der Waals surface area contributed by atoms with Crippen LogP contribution in [0.2, 0.25) is 0 Å². The Morgan fingerprint density at radius 2 is 0.958 bits per heavy atom. The van der Waals surface area contributed by atoms with E-state index in [0.717, 1.165) is 89.7 Å². The molecule has 13 rings (SSSR count). The van der Waals surface area contributed by atoms with Gasteiger partial charge >= 0.3 is 0 Å². The van der Waals surface area contributed by atoms with Crippen LogP contribution in [-0.2, 0) is 0 Å². The summed E-state index contributed by atoms with van der Waals surface area (Å²) in [7, 11) is 0.713. The van der Waals surface area contributed by atoms with E-state index < -0.39 is 0 Å². The Hall–Kier alpha value is -9.32. The van der Waals surface area contributed by atoms with Crippen LogP contribution in [0.5, 0.6) is 0 Å². The molecule has 0 radical (unpaired) electrons. The van der Waals surface area contributed by atoms with Crippen LogP contribution in [0.1, 0.15) is 0 Å². The van der Waals surface area contributed by atoms with Crippen LogP contribution in [0.25, 0.3) is 66.4 Å². The molecule has 1 N–H and O–H groups in total. The maximum absolute atomic E-state index is 6.98. The summed E-state index contributed by atoms with van der Waals surface area (Å²) in [5, 5.41) is 6.19. The molecule has 12 aromatic rings. The smallest absolute Gasteiger partial charge is 0.198 e. The second-order valence-electron chi connectivity index (χ2n) is 18.2. The number of furan rings is 1. The second-order valence-corrected chi connectivity index (χ2v) is 18.2. The van der Waals surface area contributed by atoms with Gasteiger partial charge in [0.05, 0.1) is 11.1 Å². The average molecular weight is 908 g/mol. The van der Waals surface area contributed by atoms with Gasteiger partial charge in [-0.1, -0.05) is 194 Å². The molecule has 0 atom stereocenters. The fourth-order valence-corrected chi connectivity index (χ4v) is 10.5. The number of nitrogens with zero attached hydrogens (tertiary/aromatic N) is 2. The van der Waals surface area contributed by atoms with E-state index in [-0.39, 0.29) is 0 Å². The molecule has 2 heterocycles. The standard InChI is InChI=1S/C66H46BN3O/c1-6-20-45(21-7-1)48-26-18-28-51(40-48)68-60-43-55(69(52-29-12-4-13-30-52)53-31-14-5-15-32-53)37-38-56(60)58-44-63-64(57-34-16-17-35-62(57)71-63)66-65(58)67-59-39-36-50(47-24-10-3-11-25-47)42-61(59)70(66)54-33-19-27-49(41-54)46-22-8-2-9-23-46/h1-44,67-68H. The molecule has 4 nitrogen and oxygen atoms in total. The predicted octanol–water partition coefficient (Wildman–Crippen LogP) is 16.6. The summed E-state index contributed by atoms with van der Waals surface area (Å²) >= 11 is 0. The lowest BCUT2D eigenvalue weighted by Gasteiger charge is -2.36. The van der Waals surface area contributed by atoms with Crippen LogP contribution in [-0.4, -0.2) is 7.28 Å². The summed E-state index contributed by atoms with van der Waals surface area (Å²) in [5.74, 6) is 0. The van der Waals surface area contributed by atoms with Crippen molar-refractivity contribution in [1.29, 1.82) is 0 Å². The minimum Gasteiger partial charge on any atom is -0.456 e. The lowest BCUT2D eigenvalue weighted by molar-refractivity contribution is 0.669. The number of benzene rings is 11. The van der Waals surface area contributed by atoms with E-state index in [9.17, 15) is 0 Å². The van der Waals surface area contributed by atoms with Crippen molar-refractivity contribution in [3.63, 3.8) is 0 Å². The van der Waals surface area contributed by atoms with Gasteiger partial charge in [-0.3, -0.25) is 0 Å². The van der Waals surface area contributed by atoms with Crippen molar-refractivity contribution in [3.05, 3.63) is 267 Å². The molecule has 1 aromatic heterocycles. The average Bonchev–Trinajstić information content (AvgIpc) is 3.82. The highest BCUT2D eigenvalue weighted by Gasteiger charge is 2.33. The third-order valence-corrected chi connectivity index (χ3v) is 13.8. The maximum Gasteiger partial charge on any atom is 0.198 e.